The number of nitrogens with zero attached hydrogens (tertiary/aromatic N) is 2. The Morgan fingerprint density at radius 1 is 1.18 bits per heavy atom. The van der Waals surface area contributed by atoms with Crippen molar-refractivity contribution in [1.82, 2.24) is 10.3 Å². The molecule has 1 aromatic heterocycles. The zero-order valence-electron chi connectivity index (χ0n) is 14.5. The van der Waals surface area contributed by atoms with Gasteiger partial charge in [-0.05, 0) is 46.8 Å². The lowest BCUT2D eigenvalue weighted by Gasteiger charge is -2.39. The average molecular weight is 426 g/mol. The first-order chi connectivity index (χ1) is 13.3. The number of benzene rings is 1. The van der Waals surface area contributed by atoms with E-state index in [9.17, 15) is 13.2 Å². The number of alkyl halides is 3. The van der Waals surface area contributed by atoms with Crippen LogP contribution in [-0.4, -0.2) is 30.0 Å². The minimum atomic E-state index is -4.53. The molecule has 4 nitrogen and oxygen atoms in total. The molecule has 1 saturated heterocycles. The summed E-state index contributed by atoms with van der Waals surface area (Å²) in [6.45, 7) is 1.98. The van der Waals surface area contributed by atoms with E-state index in [4.69, 9.17) is 16.3 Å². The lowest BCUT2D eigenvalue weighted by atomic mass is 9.85. The molecule has 0 radical (unpaired) electrons. The number of fused-ring (bicyclic) bond motifs is 2. The van der Waals surface area contributed by atoms with E-state index in [0.717, 1.165) is 24.2 Å². The summed E-state index contributed by atoms with van der Waals surface area (Å²) >= 11 is 6.37. The van der Waals surface area contributed by atoms with Crippen molar-refractivity contribution in [1.29, 1.82) is 0 Å². The van der Waals surface area contributed by atoms with E-state index in [-0.39, 0.29) is 22.9 Å². The van der Waals surface area contributed by atoms with Gasteiger partial charge in [0.2, 0.25) is 0 Å². The number of hydrogen-bond donors (Lipinski definition) is 1. The van der Waals surface area contributed by atoms with Crippen LogP contribution in [0.15, 0.2) is 40.8 Å². The summed E-state index contributed by atoms with van der Waals surface area (Å²) in [5.74, 6) is 0. The third-order valence-corrected chi connectivity index (χ3v) is 6.99. The van der Waals surface area contributed by atoms with Crippen molar-refractivity contribution in [2.45, 2.75) is 29.6 Å². The summed E-state index contributed by atoms with van der Waals surface area (Å²) in [6.07, 6.45) is -4.82. The van der Waals surface area contributed by atoms with Crippen LogP contribution in [0.1, 0.15) is 28.8 Å². The number of nitrogens with one attached hydrogen (secondary N) is 1. The molecular formula is C19H15ClF3N3OS. The quantitative estimate of drug-likeness (QED) is 0.573. The SMILES string of the molecule is FC(F)(F)C1(c2cccc(Cl)n2)CC(c2ccc3c(c2)COC32CNC2)=NS1. The third kappa shape index (κ3) is 2.62. The zero-order chi connectivity index (χ0) is 19.6. The minimum absolute atomic E-state index is 0.0317. The molecule has 1 unspecified atom stereocenters. The molecular weight excluding hydrogens is 411 g/mol. The van der Waals surface area contributed by atoms with E-state index < -0.39 is 10.9 Å². The molecule has 1 fully saturated rings. The summed E-state index contributed by atoms with van der Waals surface area (Å²) in [7, 11) is 0. The maximum atomic E-state index is 14.1. The molecule has 1 spiro atoms. The van der Waals surface area contributed by atoms with E-state index in [0.29, 0.717) is 29.8 Å². The molecule has 1 atom stereocenters. The predicted octanol–water partition coefficient (Wildman–Crippen LogP) is 4.36. The Balaban J connectivity index is 1.49. The van der Waals surface area contributed by atoms with Crippen LogP contribution in [0.5, 0.6) is 0 Å². The molecule has 1 aromatic carbocycles. The van der Waals surface area contributed by atoms with Gasteiger partial charge in [0.1, 0.15) is 10.8 Å². The third-order valence-electron chi connectivity index (χ3n) is 5.57. The van der Waals surface area contributed by atoms with Crippen molar-refractivity contribution in [2.24, 2.45) is 4.40 Å². The summed E-state index contributed by atoms with van der Waals surface area (Å²) in [4.78, 5) is 3.94. The Bertz CT molecular complexity index is 993. The maximum absolute atomic E-state index is 14.1. The Hall–Kier alpha value is -1.61. The van der Waals surface area contributed by atoms with E-state index in [1.165, 1.54) is 18.2 Å². The average Bonchev–Trinajstić information content (AvgIpc) is 3.23. The lowest BCUT2D eigenvalue weighted by Crippen LogP contribution is -2.56. The van der Waals surface area contributed by atoms with Gasteiger partial charge in [-0.25, -0.2) is 9.38 Å². The smallest absolute Gasteiger partial charge is 0.363 e. The fraction of sp³-hybridized carbons (Fsp3) is 0.368. The van der Waals surface area contributed by atoms with Crippen molar-refractivity contribution in [3.63, 3.8) is 0 Å². The van der Waals surface area contributed by atoms with Crippen molar-refractivity contribution in [2.75, 3.05) is 13.1 Å². The number of hydrogen-bond acceptors (Lipinski definition) is 5. The van der Waals surface area contributed by atoms with Crippen LogP contribution in [0.4, 0.5) is 13.2 Å². The molecule has 5 rings (SSSR count). The fourth-order valence-electron chi connectivity index (χ4n) is 3.93. The normalized spacial score (nSPS) is 25.5. The van der Waals surface area contributed by atoms with Crippen molar-refractivity contribution < 1.29 is 17.9 Å². The summed E-state index contributed by atoms with van der Waals surface area (Å²) < 4.78 is 50.2. The largest absolute Gasteiger partial charge is 0.410 e. The number of aromatic nitrogens is 1. The van der Waals surface area contributed by atoms with Crippen LogP contribution in [-0.2, 0) is 21.7 Å². The second-order valence-corrected chi connectivity index (χ2v) is 8.68. The highest BCUT2D eigenvalue weighted by Gasteiger charge is 2.61. The van der Waals surface area contributed by atoms with E-state index in [1.807, 2.05) is 18.2 Å². The molecule has 0 bridgehead atoms. The van der Waals surface area contributed by atoms with E-state index in [2.05, 4.69) is 14.7 Å². The van der Waals surface area contributed by atoms with Crippen LogP contribution < -0.4 is 5.32 Å². The van der Waals surface area contributed by atoms with Gasteiger partial charge in [-0.2, -0.15) is 13.2 Å². The predicted molar refractivity (Wildman–Crippen MR) is 102 cm³/mol. The lowest BCUT2D eigenvalue weighted by molar-refractivity contribution is -0.160. The van der Waals surface area contributed by atoms with Gasteiger partial charge in [0, 0.05) is 19.5 Å². The molecule has 0 amide bonds. The summed E-state index contributed by atoms with van der Waals surface area (Å²) in [5.41, 5.74) is 2.81. The van der Waals surface area contributed by atoms with Crippen LogP contribution in [0.3, 0.4) is 0 Å². The van der Waals surface area contributed by atoms with Gasteiger partial charge in [0.25, 0.3) is 0 Å². The standard InChI is InChI=1S/C19H15ClF3N3OS/c20-16-3-1-2-15(25-16)18(19(21,22)23)7-14(26-28-18)11-4-5-13-12(6-11)8-27-17(13)9-24-10-17/h1-6,24H,7-10H2. The van der Waals surface area contributed by atoms with Gasteiger partial charge < -0.3 is 10.1 Å². The molecule has 146 valence electrons. The Morgan fingerprint density at radius 2 is 2.00 bits per heavy atom. The molecule has 3 aliphatic heterocycles. The molecule has 3 aliphatic rings. The van der Waals surface area contributed by atoms with E-state index >= 15 is 0 Å². The number of halogens is 4. The molecule has 1 N–H and O–H groups in total. The highest BCUT2D eigenvalue weighted by atomic mass is 35.5. The second-order valence-electron chi connectivity index (χ2n) is 7.23. The minimum Gasteiger partial charge on any atom is -0.363 e. The van der Waals surface area contributed by atoms with Gasteiger partial charge in [-0.3, -0.25) is 0 Å². The number of pyridine rings is 1. The Kier molecular flexibility index (Phi) is 4.07. The molecule has 28 heavy (non-hydrogen) atoms. The highest BCUT2D eigenvalue weighted by Crippen LogP contribution is 2.56. The molecule has 4 heterocycles. The monoisotopic (exact) mass is 425 g/mol. The molecule has 0 saturated carbocycles. The Labute approximate surface area is 168 Å². The highest BCUT2D eigenvalue weighted by molar-refractivity contribution is 7.99. The van der Waals surface area contributed by atoms with Crippen molar-refractivity contribution in [3.05, 3.63) is 63.9 Å². The topological polar surface area (TPSA) is 46.5 Å². The first-order valence-electron chi connectivity index (χ1n) is 8.76. The molecule has 0 aliphatic carbocycles. The van der Waals surface area contributed by atoms with Gasteiger partial charge >= 0.3 is 6.18 Å². The van der Waals surface area contributed by atoms with Gasteiger partial charge in [-0.15, -0.1) is 0 Å². The van der Waals surface area contributed by atoms with Crippen LogP contribution in [0.2, 0.25) is 5.15 Å². The fourth-order valence-corrected chi connectivity index (χ4v) is 5.04. The first-order valence-corrected chi connectivity index (χ1v) is 9.91. The number of rotatable bonds is 2. The summed E-state index contributed by atoms with van der Waals surface area (Å²) in [5, 5.41) is 3.24. The van der Waals surface area contributed by atoms with Crippen molar-refractivity contribution in [3.8, 4) is 0 Å². The maximum Gasteiger partial charge on any atom is 0.410 e. The van der Waals surface area contributed by atoms with Crippen LogP contribution in [0, 0.1) is 0 Å². The van der Waals surface area contributed by atoms with Gasteiger partial charge in [0.05, 0.1) is 18.0 Å². The number of ether oxygens (including phenoxy) is 1. The van der Waals surface area contributed by atoms with Gasteiger partial charge in [-0.1, -0.05) is 29.8 Å². The van der Waals surface area contributed by atoms with Gasteiger partial charge in [0.15, 0.2) is 4.75 Å². The first kappa shape index (κ1) is 18.4. The molecule has 2 aromatic rings. The molecule has 9 heteroatoms. The second kappa shape index (κ2) is 6.19. The van der Waals surface area contributed by atoms with Crippen LogP contribution >= 0.6 is 23.5 Å². The summed E-state index contributed by atoms with van der Waals surface area (Å²) in [6, 6.07) is 9.99. The Morgan fingerprint density at radius 3 is 2.68 bits per heavy atom. The zero-order valence-corrected chi connectivity index (χ0v) is 16.1. The van der Waals surface area contributed by atoms with Crippen LogP contribution in [0.25, 0.3) is 0 Å². The van der Waals surface area contributed by atoms with E-state index in [1.54, 1.807) is 0 Å². The van der Waals surface area contributed by atoms with Crippen molar-refractivity contribution >= 4 is 29.3 Å².